The van der Waals surface area contributed by atoms with Gasteiger partial charge in [-0.2, -0.15) is 0 Å². The predicted molar refractivity (Wildman–Crippen MR) is 63.0 cm³/mol. The van der Waals surface area contributed by atoms with E-state index >= 15 is 0 Å². The summed E-state index contributed by atoms with van der Waals surface area (Å²) >= 11 is 0. The van der Waals surface area contributed by atoms with Crippen LogP contribution in [0.15, 0.2) is 0 Å². The number of hydrogen-bond donors (Lipinski definition) is 1. The number of likely N-dealkylation sites (N-methyl/N-ethyl adjacent to an activating group) is 1. The summed E-state index contributed by atoms with van der Waals surface area (Å²) in [7, 11) is 1.75. The summed E-state index contributed by atoms with van der Waals surface area (Å²) in [6.07, 6.45) is 0. The molecule has 1 heterocycles. The first-order valence-electron chi connectivity index (χ1n) is 5.82. The van der Waals surface area contributed by atoms with Crippen molar-refractivity contribution in [2.45, 2.75) is 19.4 Å². The molecule has 0 aromatic rings. The lowest BCUT2D eigenvalue weighted by Gasteiger charge is -2.44. The average molecular weight is 215 g/mol. The van der Waals surface area contributed by atoms with Crippen LogP contribution in [0.1, 0.15) is 13.8 Å². The maximum atomic E-state index is 5.86. The zero-order chi connectivity index (χ0) is 11.3. The number of hydrogen-bond acceptors (Lipinski definition) is 4. The summed E-state index contributed by atoms with van der Waals surface area (Å²) in [4.78, 5) is 4.93. The van der Waals surface area contributed by atoms with Crippen LogP contribution in [0.5, 0.6) is 0 Å². The van der Waals surface area contributed by atoms with Crippen LogP contribution < -0.4 is 5.73 Å². The van der Waals surface area contributed by atoms with Gasteiger partial charge in [0.05, 0.1) is 12.1 Å². The largest absolute Gasteiger partial charge is 0.383 e. The molecular formula is C11H25N3O. The summed E-state index contributed by atoms with van der Waals surface area (Å²) in [6.45, 7) is 11.4. The van der Waals surface area contributed by atoms with Crippen molar-refractivity contribution in [1.29, 1.82) is 0 Å². The smallest absolute Gasteiger partial charge is 0.0656 e. The van der Waals surface area contributed by atoms with Crippen LogP contribution in [0, 0.1) is 0 Å². The first-order valence-corrected chi connectivity index (χ1v) is 5.82. The second-order valence-electron chi connectivity index (χ2n) is 4.56. The van der Waals surface area contributed by atoms with Crippen molar-refractivity contribution in [2.75, 3.05) is 53.0 Å². The maximum absolute atomic E-state index is 5.86. The Morgan fingerprint density at radius 1 is 1.27 bits per heavy atom. The van der Waals surface area contributed by atoms with E-state index in [0.29, 0.717) is 6.54 Å². The van der Waals surface area contributed by atoms with Crippen LogP contribution in [-0.2, 0) is 4.74 Å². The molecule has 1 fully saturated rings. The summed E-state index contributed by atoms with van der Waals surface area (Å²) in [6, 6.07) is 0. The van der Waals surface area contributed by atoms with Gasteiger partial charge in [0.1, 0.15) is 0 Å². The van der Waals surface area contributed by atoms with Gasteiger partial charge in [0.2, 0.25) is 0 Å². The Labute approximate surface area is 93.4 Å². The standard InChI is InChI=1S/C11H25N3O/c1-4-13-5-7-14(8-6-13)11(2,9-12)10-15-3/h4-10,12H2,1-3H3. The Hall–Kier alpha value is -0.160. The summed E-state index contributed by atoms with van der Waals surface area (Å²) < 4.78 is 5.27. The summed E-state index contributed by atoms with van der Waals surface area (Å²) in [5, 5.41) is 0. The molecule has 90 valence electrons. The Bertz CT molecular complexity index is 181. The van der Waals surface area contributed by atoms with E-state index in [1.54, 1.807) is 7.11 Å². The molecule has 1 saturated heterocycles. The van der Waals surface area contributed by atoms with Gasteiger partial charge < -0.3 is 15.4 Å². The van der Waals surface area contributed by atoms with Crippen LogP contribution in [0.25, 0.3) is 0 Å². The predicted octanol–water partition coefficient (Wildman–Crippen LogP) is -0.0123. The van der Waals surface area contributed by atoms with Crippen molar-refractivity contribution in [3.8, 4) is 0 Å². The molecule has 0 aromatic carbocycles. The number of nitrogens with zero attached hydrogens (tertiary/aromatic N) is 2. The van der Waals surface area contributed by atoms with Crippen LogP contribution in [0.2, 0.25) is 0 Å². The van der Waals surface area contributed by atoms with E-state index in [1.165, 1.54) is 0 Å². The van der Waals surface area contributed by atoms with E-state index in [-0.39, 0.29) is 5.54 Å². The molecule has 0 aliphatic carbocycles. The van der Waals surface area contributed by atoms with E-state index < -0.39 is 0 Å². The number of methoxy groups -OCH3 is 1. The lowest BCUT2D eigenvalue weighted by atomic mass is 10.00. The van der Waals surface area contributed by atoms with Crippen molar-refractivity contribution in [3.05, 3.63) is 0 Å². The first kappa shape index (κ1) is 12.9. The van der Waals surface area contributed by atoms with E-state index in [2.05, 4.69) is 23.6 Å². The van der Waals surface area contributed by atoms with E-state index in [9.17, 15) is 0 Å². The minimum Gasteiger partial charge on any atom is -0.383 e. The fourth-order valence-corrected chi connectivity index (χ4v) is 2.19. The van der Waals surface area contributed by atoms with Crippen LogP contribution >= 0.6 is 0 Å². The number of nitrogens with two attached hydrogens (primary N) is 1. The molecule has 1 unspecified atom stereocenters. The Morgan fingerprint density at radius 3 is 2.27 bits per heavy atom. The molecule has 0 spiro atoms. The third kappa shape index (κ3) is 3.14. The Balaban J connectivity index is 2.49. The molecule has 0 bridgehead atoms. The van der Waals surface area contributed by atoms with Gasteiger partial charge in [-0.3, -0.25) is 4.90 Å². The topological polar surface area (TPSA) is 41.7 Å². The monoisotopic (exact) mass is 215 g/mol. The second-order valence-corrected chi connectivity index (χ2v) is 4.56. The molecule has 1 atom stereocenters. The fourth-order valence-electron chi connectivity index (χ4n) is 2.19. The van der Waals surface area contributed by atoms with Crippen LogP contribution in [0.4, 0.5) is 0 Å². The quantitative estimate of drug-likeness (QED) is 0.700. The summed E-state index contributed by atoms with van der Waals surface area (Å²) in [5.41, 5.74) is 5.86. The van der Waals surface area contributed by atoms with E-state index in [1.807, 2.05) is 0 Å². The number of rotatable bonds is 5. The van der Waals surface area contributed by atoms with Gasteiger partial charge >= 0.3 is 0 Å². The van der Waals surface area contributed by atoms with Crippen molar-refractivity contribution in [2.24, 2.45) is 5.73 Å². The van der Waals surface area contributed by atoms with E-state index in [0.717, 1.165) is 39.3 Å². The first-order chi connectivity index (χ1) is 7.16. The molecule has 15 heavy (non-hydrogen) atoms. The van der Waals surface area contributed by atoms with Gasteiger partial charge in [-0.15, -0.1) is 0 Å². The summed E-state index contributed by atoms with van der Waals surface area (Å²) in [5.74, 6) is 0. The highest BCUT2D eigenvalue weighted by Crippen LogP contribution is 2.16. The van der Waals surface area contributed by atoms with Crippen LogP contribution in [-0.4, -0.2) is 68.3 Å². The molecule has 1 rings (SSSR count). The van der Waals surface area contributed by atoms with E-state index in [4.69, 9.17) is 10.5 Å². The Kier molecular flexibility index (Phi) is 4.99. The van der Waals surface area contributed by atoms with Gasteiger partial charge in [-0.25, -0.2) is 0 Å². The molecule has 4 heteroatoms. The molecule has 0 aromatic heterocycles. The Morgan fingerprint density at radius 2 is 1.87 bits per heavy atom. The number of ether oxygens (including phenoxy) is 1. The third-order valence-corrected chi connectivity index (χ3v) is 3.48. The fraction of sp³-hybridized carbons (Fsp3) is 1.00. The third-order valence-electron chi connectivity index (χ3n) is 3.48. The van der Waals surface area contributed by atoms with Gasteiger partial charge in [-0.05, 0) is 13.5 Å². The molecule has 1 aliphatic heterocycles. The van der Waals surface area contributed by atoms with Crippen molar-refractivity contribution >= 4 is 0 Å². The molecule has 0 amide bonds. The molecular weight excluding hydrogens is 190 g/mol. The zero-order valence-corrected chi connectivity index (χ0v) is 10.3. The van der Waals surface area contributed by atoms with Crippen LogP contribution in [0.3, 0.4) is 0 Å². The lowest BCUT2D eigenvalue weighted by molar-refractivity contribution is -0.00217. The highest BCUT2D eigenvalue weighted by atomic mass is 16.5. The highest BCUT2D eigenvalue weighted by Gasteiger charge is 2.32. The van der Waals surface area contributed by atoms with Crippen molar-refractivity contribution < 1.29 is 4.74 Å². The molecule has 2 N–H and O–H groups in total. The van der Waals surface area contributed by atoms with Gasteiger partial charge in [0, 0.05) is 39.8 Å². The molecule has 0 radical (unpaired) electrons. The van der Waals surface area contributed by atoms with Crippen molar-refractivity contribution in [1.82, 2.24) is 9.80 Å². The second kappa shape index (κ2) is 5.80. The molecule has 1 aliphatic rings. The molecule has 4 nitrogen and oxygen atoms in total. The van der Waals surface area contributed by atoms with Gasteiger partial charge in [0.15, 0.2) is 0 Å². The minimum absolute atomic E-state index is 0.00851. The maximum Gasteiger partial charge on any atom is 0.0656 e. The average Bonchev–Trinajstić information content (AvgIpc) is 2.29. The highest BCUT2D eigenvalue weighted by molar-refractivity contribution is 4.90. The van der Waals surface area contributed by atoms with Gasteiger partial charge in [0.25, 0.3) is 0 Å². The number of piperazine rings is 1. The van der Waals surface area contributed by atoms with Crippen molar-refractivity contribution in [3.63, 3.8) is 0 Å². The lowest BCUT2D eigenvalue weighted by Crippen LogP contribution is -2.60. The zero-order valence-electron chi connectivity index (χ0n) is 10.3. The molecule has 0 saturated carbocycles. The van der Waals surface area contributed by atoms with Gasteiger partial charge in [-0.1, -0.05) is 6.92 Å². The minimum atomic E-state index is 0.00851. The normalized spacial score (nSPS) is 24.0. The SMILES string of the molecule is CCN1CCN(C(C)(CN)COC)CC1.